The third kappa shape index (κ3) is 4.71. The summed E-state index contributed by atoms with van der Waals surface area (Å²) in [6.45, 7) is 3.76. The molecular weight excluding hydrogens is 308 g/mol. The summed E-state index contributed by atoms with van der Waals surface area (Å²) in [6, 6.07) is 7.32. The Bertz CT molecular complexity index is 607. The van der Waals surface area contributed by atoms with Crippen molar-refractivity contribution in [3.05, 3.63) is 29.8 Å². The summed E-state index contributed by atoms with van der Waals surface area (Å²) < 4.78 is 0. The number of nitrogens with one attached hydrogen (secondary N) is 3. The van der Waals surface area contributed by atoms with Crippen LogP contribution in [0.3, 0.4) is 0 Å². The molecule has 0 bridgehead atoms. The number of hydrogen-bond acceptors (Lipinski definition) is 4. The van der Waals surface area contributed by atoms with Crippen LogP contribution in [0, 0.1) is 5.92 Å². The average molecular weight is 332 g/mol. The SMILES string of the molecule is CC(CC(N)=O)C(=O)NC[C@@H](C)NC(=O)[C@@H]1Cc2ccccc2N1. The standard InChI is InChI=1S/C17H24N4O3/c1-10(7-15(18)22)16(23)19-9-11(2)20-17(24)14-8-12-5-3-4-6-13(12)21-14/h3-6,10-11,14,21H,7-9H2,1-2H3,(H2,18,22)(H,19,23)(H,20,24)/t10?,11-,14+/m1/s1. The van der Waals surface area contributed by atoms with Gasteiger partial charge >= 0.3 is 0 Å². The monoisotopic (exact) mass is 332 g/mol. The van der Waals surface area contributed by atoms with Crippen LogP contribution >= 0.6 is 0 Å². The highest BCUT2D eigenvalue weighted by Crippen LogP contribution is 2.25. The van der Waals surface area contributed by atoms with Crippen LogP contribution < -0.4 is 21.7 Å². The second-order valence-electron chi connectivity index (χ2n) is 6.28. The largest absolute Gasteiger partial charge is 0.373 e. The second kappa shape index (κ2) is 7.81. The van der Waals surface area contributed by atoms with Crippen molar-refractivity contribution in [1.29, 1.82) is 0 Å². The first-order valence-electron chi connectivity index (χ1n) is 8.07. The lowest BCUT2D eigenvalue weighted by Crippen LogP contribution is -2.48. The Kier molecular flexibility index (Phi) is 5.78. The highest BCUT2D eigenvalue weighted by molar-refractivity contribution is 5.88. The van der Waals surface area contributed by atoms with Crippen LogP contribution in [-0.2, 0) is 20.8 Å². The fourth-order valence-electron chi connectivity index (χ4n) is 2.67. The lowest BCUT2D eigenvalue weighted by atomic mass is 10.1. The highest BCUT2D eigenvalue weighted by Gasteiger charge is 2.27. The fraction of sp³-hybridized carbons (Fsp3) is 0.471. The van der Waals surface area contributed by atoms with Crippen molar-refractivity contribution in [1.82, 2.24) is 10.6 Å². The van der Waals surface area contributed by atoms with Gasteiger partial charge < -0.3 is 21.7 Å². The van der Waals surface area contributed by atoms with E-state index in [0.717, 1.165) is 11.3 Å². The van der Waals surface area contributed by atoms with E-state index in [4.69, 9.17) is 5.73 Å². The minimum absolute atomic E-state index is 0.0107. The van der Waals surface area contributed by atoms with Gasteiger partial charge in [0.05, 0.1) is 0 Å². The smallest absolute Gasteiger partial charge is 0.243 e. The van der Waals surface area contributed by atoms with Crippen molar-refractivity contribution >= 4 is 23.4 Å². The number of carbonyl (C=O) groups is 3. The molecule has 0 fully saturated rings. The molecule has 0 spiro atoms. The van der Waals surface area contributed by atoms with Gasteiger partial charge in [-0.05, 0) is 18.6 Å². The van der Waals surface area contributed by atoms with Gasteiger partial charge in [0.1, 0.15) is 6.04 Å². The number of para-hydroxylation sites is 1. The number of hydrogen-bond donors (Lipinski definition) is 4. The molecule has 1 unspecified atom stereocenters. The summed E-state index contributed by atoms with van der Waals surface area (Å²) in [5, 5.41) is 8.80. The first-order chi connectivity index (χ1) is 11.4. The number of primary amides is 1. The van der Waals surface area contributed by atoms with Gasteiger partial charge in [0.15, 0.2) is 0 Å². The van der Waals surface area contributed by atoms with Crippen LogP contribution in [-0.4, -0.2) is 36.3 Å². The van der Waals surface area contributed by atoms with Gasteiger partial charge in [-0.1, -0.05) is 25.1 Å². The van der Waals surface area contributed by atoms with Crippen LogP contribution in [0.25, 0.3) is 0 Å². The molecule has 0 aliphatic carbocycles. The van der Waals surface area contributed by atoms with Crippen molar-refractivity contribution in [3.8, 4) is 0 Å². The fourth-order valence-corrected chi connectivity index (χ4v) is 2.67. The van der Waals surface area contributed by atoms with Gasteiger partial charge in [-0.15, -0.1) is 0 Å². The van der Waals surface area contributed by atoms with Gasteiger partial charge in [-0.25, -0.2) is 0 Å². The molecule has 3 amide bonds. The van der Waals surface area contributed by atoms with Crippen molar-refractivity contribution in [2.45, 2.75) is 38.8 Å². The molecule has 0 aromatic heterocycles. The molecule has 1 heterocycles. The summed E-state index contributed by atoms with van der Waals surface area (Å²) >= 11 is 0. The third-order valence-electron chi connectivity index (χ3n) is 4.01. The van der Waals surface area contributed by atoms with Gasteiger partial charge in [-0.3, -0.25) is 14.4 Å². The molecule has 3 atom stereocenters. The minimum atomic E-state index is -0.508. The molecule has 0 radical (unpaired) electrons. The molecule has 1 aromatic rings. The molecule has 1 aromatic carbocycles. The lowest BCUT2D eigenvalue weighted by molar-refractivity contribution is -0.128. The Morgan fingerprint density at radius 2 is 2.00 bits per heavy atom. The molecule has 24 heavy (non-hydrogen) atoms. The van der Waals surface area contributed by atoms with Crippen molar-refractivity contribution < 1.29 is 14.4 Å². The van der Waals surface area contributed by atoms with Crippen molar-refractivity contribution in [2.75, 3.05) is 11.9 Å². The minimum Gasteiger partial charge on any atom is -0.373 e. The topological polar surface area (TPSA) is 113 Å². The second-order valence-corrected chi connectivity index (χ2v) is 6.28. The van der Waals surface area contributed by atoms with Crippen molar-refractivity contribution in [2.24, 2.45) is 11.7 Å². The van der Waals surface area contributed by atoms with Crippen LogP contribution in [0.4, 0.5) is 5.69 Å². The Morgan fingerprint density at radius 1 is 1.29 bits per heavy atom. The van der Waals surface area contributed by atoms with E-state index in [1.165, 1.54) is 0 Å². The Hall–Kier alpha value is -2.57. The summed E-state index contributed by atoms with van der Waals surface area (Å²) in [5.74, 6) is -1.33. The van der Waals surface area contributed by atoms with E-state index >= 15 is 0 Å². The van der Waals surface area contributed by atoms with Crippen molar-refractivity contribution in [3.63, 3.8) is 0 Å². The number of nitrogens with two attached hydrogens (primary N) is 1. The zero-order chi connectivity index (χ0) is 17.7. The van der Waals surface area contributed by atoms with Crippen LogP contribution in [0.5, 0.6) is 0 Å². The zero-order valence-electron chi connectivity index (χ0n) is 14.0. The maximum atomic E-state index is 12.3. The molecular formula is C17H24N4O3. The highest BCUT2D eigenvalue weighted by atomic mass is 16.2. The predicted octanol–water partition coefficient (Wildman–Crippen LogP) is 0.156. The maximum Gasteiger partial charge on any atom is 0.243 e. The number of fused-ring (bicyclic) bond motifs is 1. The molecule has 7 heteroatoms. The van der Waals surface area contributed by atoms with E-state index < -0.39 is 11.8 Å². The average Bonchev–Trinajstić information content (AvgIpc) is 2.96. The third-order valence-corrected chi connectivity index (χ3v) is 4.01. The number of anilines is 1. The van der Waals surface area contributed by atoms with Crippen LogP contribution in [0.2, 0.25) is 0 Å². The van der Waals surface area contributed by atoms with Crippen LogP contribution in [0.15, 0.2) is 24.3 Å². The Labute approximate surface area is 141 Å². The van der Waals surface area contributed by atoms with E-state index in [1.54, 1.807) is 6.92 Å². The van der Waals surface area contributed by atoms with E-state index in [2.05, 4.69) is 16.0 Å². The predicted molar refractivity (Wildman–Crippen MR) is 91.1 cm³/mol. The number of benzene rings is 1. The summed E-state index contributed by atoms with van der Waals surface area (Å²) in [6.07, 6.45) is 0.660. The maximum absolute atomic E-state index is 12.3. The molecule has 1 aliphatic heterocycles. The number of carbonyl (C=O) groups excluding carboxylic acids is 3. The van der Waals surface area contributed by atoms with Gasteiger partial charge in [0.25, 0.3) is 0 Å². The first kappa shape index (κ1) is 17.8. The van der Waals surface area contributed by atoms with Crippen LogP contribution in [0.1, 0.15) is 25.8 Å². The van der Waals surface area contributed by atoms with E-state index in [9.17, 15) is 14.4 Å². The van der Waals surface area contributed by atoms with E-state index in [1.807, 2.05) is 31.2 Å². The van der Waals surface area contributed by atoms with Gasteiger partial charge in [0, 0.05) is 37.0 Å². The lowest BCUT2D eigenvalue weighted by Gasteiger charge is -2.19. The normalized spacial score (nSPS) is 18.0. The first-order valence-corrected chi connectivity index (χ1v) is 8.07. The van der Waals surface area contributed by atoms with Gasteiger partial charge in [0.2, 0.25) is 17.7 Å². The van der Waals surface area contributed by atoms with E-state index in [-0.39, 0.29) is 30.3 Å². The molecule has 0 saturated carbocycles. The Balaban J connectivity index is 1.75. The summed E-state index contributed by atoms with van der Waals surface area (Å²) in [5.41, 5.74) is 7.19. The molecule has 2 rings (SSSR count). The van der Waals surface area contributed by atoms with Gasteiger partial charge in [-0.2, -0.15) is 0 Å². The quantitative estimate of drug-likeness (QED) is 0.569. The molecule has 1 aliphatic rings. The molecule has 7 nitrogen and oxygen atoms in total. The summed E-state index contributed by atoms with van der Waals surface area (Å²) in [4.78, 5) is 34.9. The molecule has 5 N–H and O–H groups in total. The molecule has 0 saturated heterocycles. The number of amides is 3. The zero-order valence-corrected chi connectivity index (χ0v) is 14.0. The Morgan fingerprint density at radius 3 is 2.67 bits per heavy atom. The summed E-state index contributed by atoms with van der Waals surface area (Å²) in [7, 11) is 0. The van der Waals surface area contributed by atoms with E-state index in [0.29, 0.717) is 13.0 Å². The number of rotatable bonds is 7. The molecule has 130 valence electrons.